The molecule has 2 aromatic rings. The number of ether oxygens (including phenoxy) is 2. The molecule has 0 unspecified atom stereocenters. The monoisotopic (exact) mass is 423 g/mol. The van der Waals surface area contributed by atoms with E-state index in [-0.39, 0.29) is 5.78 Å². The molecule has 168 valence electrons. The highest BCUT2D eigenvalue weighted by Gasteiger charge is 2.12. The van der Waals surface area contributed by atoms with Crippen LogP contribution in [0.3, 0.4) is 0 Å². The van der Waals surface area contributed by atoms with E-state index in [0.717, 1.165) is 66.8 Å². The standard InChI is InChI=1S/C27H37NO3/c1-5-8-17-30-26-20-27(31-18-9-6-2)23(19-22(26)10-7-3)13-16-25(29)21-11-14-24(28-4)15-12-21/h11-16,19-20,28H,5-10,17-18H2,1-4H3. The van der Waals surface area contributed by atoms with E-state index in [9.17, 15) is 4.79 Å². The minimum atomic E-state index is -0.0255. The van der Waals surface area contributed by atoms with Crippen LogP contribution in [0.1, 0.15) is 74.4 Å². The second-order valence-corrected chi connectivity index (χ2v) is 7.68. The molecule has 0 aliphatic rings. The van der Waals surface area contributed by atoms with Crippen molar-refractivity contribution in [2.24, 2.45) is 0 Å². The number of hydrogen-bond acceptors (Lipinski definition) is 4. The Morgan fingerprint density at radius 3 is 2.13 bits per heavy atom. The van der Waals surface area contributed by atoms with Crippen LogP contribution in [-0.4, -0.2) is 26.0 Å². The molecule has 31 heavy (non-hydrogen) atoms. The van der Waals surface area contributed by atoms with Gasteiger partial charge in [0, 0.05) is 29.9 Å². The number of aryl methyl sites for hydroxylation is 1. The van der Waals surface area contributed by atoms with Crippen LogP contribution < -0.4 is 14.8 Å². The van der Waals surface area contributed by atoms with Gasteiger partial charge in [-0.15, -0.1) is 0 Å². The predicted octanol–water partition coefficient (Wildman–Crippen LogP) is 6.93. The van der Waals surface area contributed by atoms with Crippen LogP contribution in [0.5, 0.6) is 11.5 Å². The summed E-state index contributed by atoms with van der Waals surface area (Å²) in [7, 11) is 1.86. The molecule has 4 heteroatoms. The summed E-state index contributed by atoms with van der Waals surface area (Å²) in [6.07, 6.45) is 9.63. The van der Waals surface area contributed by atoms with Gasteiger partial charge in [-0.3, -0.25) is 4.79 Å². The number of anilines is 1. The number of unbranched alkanes of at least 4 members (excludes halogenated alkanes) is 2. The lowest BCUT2D eigenvalue weighted by atomic mass is 10.0. The van der Waals surface area contributed by atoms with Crippen molar-refractivity contribution in [1.82, 2.24) is 0 Å². The van der Waals surface area contributed by atoms with E-state index < -0.39 is 0 Å². The van der Waals surface area contributed by atoms with E-state index >= 15 is 0 Å². The molecular formula is C27H37NO3. The molecule has 1 N–H and O–H groups in total. The Morgan fingerprint density at radius 1 is 0.903 bits per heavy atom. The molecule has 0 bridgehead atoms. The van der Waals surface area contributed by atoms with Crippen molar-refractivity contribution in [3.63, 3.8) is 0 Å². The summed E-state index contributed by atoms with van der Waals surface area (Å²) in [6, 6.07) is 11.6. The third kappa shape index (κ3) is 7.78. The second-order valence-electron chi connectivity index (χ2n) is 7.68. The summed E-state index contributed by atoms with van der Waals surface area (Å²) in [5.74, 6) is 1.64. The molecule has 0 spiro atoms. The van der Waals surface area contributed by atoms with Crippen LogP contribution in [-0.2, 0) is 6.42 Å². The highest BCUT2D eigenvalue weighted by Crippen LogP contribution is 2.32. The van der Waals surface area contributed by atoms with E-state index in [1.54, 1.807) is 6.08 Å². The Balaban J connectivity index is 2.30. The van der Waals surface area contributed by atoms with E-state index in [1.165, 1.54) is 0 Å². The summed E-state index contributed by atoms with van der Waals surface area (Å²) in [6.45, 7) is 7.82. The smallest absolute Gasteiger partial charge is 0.185 e. The van der Waals surface area contributed by atoms with Crippen LogP contribution in [0.15, 0.2) is 42.5 Å². The van der Waals surface area contributed by atoms with Crippen molar-refractivity contribution in [2.45, 2.75) is 59.3 Å². The molecule has 2 rings (SSSR count). The molecule has 0 aromatic heterocycles. The van der Waals surface area contributed by atoms with E-state index in [4.69, 9.17) is 9.47 Å². The van der Waals surface area contributed by atoms with Crippen LogP contribution in [0, 0.1) is 0 Å². The van der Waals surface area contributed by atoms with Crippen molar-refractivity contribution in [2.75, 3.05) is 25.6 Å². The maximum atomic E-state index is 12.7. The molecule has 0 atom stereocenters. The SMILES string of the molecule is CCCCOc1cc(OCCCC)c(CCC)cc1C=CC(=O)c1ccc(NC)cc1. The fourth-order valence-electron chi connectivity index (χ4n) is 3.20. The largest absolute Gasteiger partial charge is 0.493 e. The summed E-state index contributed by atoms with van der Waals surface area (Å²) >= 11 is 0. The molecule has 0 amide bonds. The van der Waals surface area contributed by atoms with Crippen LogP contribution >= 0.6 is 0 Å². The molecule has 0 radical (unpaired) electrons. The van der Waals surface area contributed by atoms with Gasteiger partial charge in [-0.1, -0.05) is 40.0 Å². The Bertz CT molecular complexity index is 840. The minimum Gasteiger partial charge on any atom is -0.493 e. The maximum Gasteiger partial charge on any atom is 0.185 e. The fourth-order valence-corrected chi connectivity index (χ4v) is 3.20. The minimum absolute atomic E-state index is 0.0255. The first kappa shape index (κ1) is 24.5. The van der Waals surface area contributed by atoms with E-state index in [2.05, 4.69) is 32.2 Å². The average Bonchev–Trinajstić information content (AvgIpc) is 2.79. The number of allylic oxidation sites excluding steroid dienone is 1. The number of hydrogen-bond donors (Lipinski definition) is 1. The van der Waals surface area contributed by atoms with Gasteiger partial charge in [0.05, 0.1) is 13.2 Å². The number of nitrogens with one attached hydrogen (secondary N) is 1. The second kappa shape index (κ2) is 13.5. The van der Waals surface area contributed by atoms with Crippen molar-refractivity contribution >= 4 is 17.5 Å². The lowest BCUT2D eigenvalue weighted by molar-refractivity contribution is 0.104. The summed E-state index contributed by atoms with van der Waals surface area (Å²) in [4.78, 5) is 12.7. The lowest BCUT2D eigenvalue weighted by Crippen LogP contribution is -2.04. The van der Waals surface area contributed by atoms with Crippen LogP contribution in [0.4, 0.5) is 5.69 Å². The van der Waals surface area contributed by atoms with Gasteiger partial charge in [0.25, 0.3) is 0 Å². The third-order valence-electron chi connectivity index (χ3n) is 5.10. The van der Waals surface area contributed by atoms with Gasteiger partial charge in [-0.25, -0.2) is 0 Å². The van der Waals surface area contributed by atoms with Gasteiger partial charge in [0.1, 0.15) is 11.5 Å². The maximum absolute atomic E-state index is 12.7. The fraction of sp³-hybridized carbons (Fsp3) is 0.444. The molecule has 0 heterocycles. The number of ketones is 1. The van der Waals surface area contributed by atoms with Crippen LogP contribution in [0.25, 0.3) is 6.08 Å². The van der Waals surface area contributed by atoms with Gasteiger partial charge in [-0.2, -0.15) is 0 Å². The number of rotatable bonds is 14. The average molecular weight is 424 g/mol. The predicted molar refractivity (Wildman–Crippen MR) is 131 cm³/mol. The van der Waals surface area contributed by atoms with Gasteiger partial charge in [-0.05, 0) is 67.3 Å². The molecular weight excluding hydrogens is 386 g/mol. The normalized spacial score (nSPS) is 11.0. The summed E-state index contributed by atoms with van der Waals surface area (Å²) in [5.41, 5.74) is 3.72. The molecule has 0 fully saturated rings. The highest BCUT2D eigenvalue weighted by molar-refractivity contribution is 6.07. The molecule has 0 aliphatic heterocycles. The Hall–Kier alpha value is -2.75. The first-order valence-corrected chi connectivity index (χ1v) is 11.6. The molecule has 0 aliphatic carbocycles. The zero-order valence-electron chi connectivity index (χ0n) is 19.5. The molecule has 2 aromatic carbocycles. The summed E-state index contributed by atoms with van der Waals surface area (Å²) in [5, 5.41) is 3.07. The van der Waals surface area contributed by atoms with Crippen molar-refractivity contribution in [3.8, 4) is 11.5 Å². The third-order valence-corrected chi connectivity index (χ3v) is 5.10. The lowest BCUT2D eigenvalue weighted by Gasteiger charge is -2.16. The number of carbonyl (C=O) groups excluding carboxylic acids is 1. The van der Waals surface area contributed by atoms with Crippen molar-refractivity contribution in [1.29, 1.82) is 0 Å². The van der Waals surface area contributed by atoms with Gasteiger partial charge < -0.3 is 14.8 Å². The first-order chi connectivity index (χ1) is 15.1. The number of benzene rings is 2. The van der Waals surface area contributed by atoms with E-state index in [1.807, 2.05) is 43.5 Å². The van der Waals surface area contributed by atoms with Crippen LogP contribution in [0.2, 0.25) is 0 Å². The zero-order valence-corrected chi connectivity index (χ0v) is 19.5. The molecule has 0 saturated heterocycles. The highest BCUT2D eigenvalue weighted by atomic mass is 16.5. The Labute approximate surface area is 187 Å². The molecule has 0 saturated carbocycles. The number of carbonyl (C=O) groups is 1. The van der Waals surface area contributed by atoms with Gasteiger partial charge in [0.15, 0.2) is 5.78 Å². The Kier molecular flexibility index (Phi) is 10.7. The van der Waals surface area contributed by atoms with Crippen molar-refractivity contribution < 1.29 is 14.3 Å². The first-order valence-electron chi connectivity index (χ1n) is 11.6. The molecule has 4 nitrogen and oxygen atoms in total. The zero-order chi connectivity index (χ0) is 22.5. The van der Waals surface area contributed by atoms with Gasteiger partial charge >= 0.3 is 0 Å². The van der Waals surface area contributed by atoms with Gasteiger partial charge in [0.2, 0.25) is 0 Å². The Morgan fingerprint density at radius 2 is 1.55 bits per heavy atom. The summed E-state index contributed by atoms with van der Waals surface area (Å²) < 4.78 is 12.1. The van der Waals surface area contributed by atoms with E-state index in [0.29, 0.717) is 18.8 Å². The van der Waals surface area contributed by atoms with Crippen molar-refractivity contribution in [3.05, 3.63) is 59.2 Å². The quantitative estimate of drug-likeness (QED) is 0.203. The topological polar surface area (TPSA) is 47.6 Å².